The van der Waals surface area contributed by atoms with Crippen molar-refractivity contribution in [1.82, 2.24) is 10.2 Å². The Balaban J connectivity index is 1.65. The van der Waals surface area contributed by atoms with Crippen LogP contribution < -0.4 is 5.32 Å². The van der Waals surface area contributed by atoms with E-state index in [0.717, 1.165) is 12.8 Å². The lowest BCUT2D eigenvalue weighted by Gasteiger charge is -2.26. The summed E-state index contributed by atoms with van der Waals surface area (Å²) in [6.45, 7) is 4.78. The van der Waals surface area contributed by atoms with Crippen LogP contribution in [0.15, 0.2) is 30.3 Å². The van der Waals surface area contributed by atoms with Crippen molar-refractivity contribution in [3.63, 3.8) is 0 Å². The number of rotatable bonds is 7. The number of amides is 2. The summed E-state index contributed by atoms with van der Waals surface area (Å²) in [5.74, 6) is 0.510. The molecule has 1 N–H and O–H groups in total. The first-order valence-electron chi connectivity index (χ1n) is 9.28. The third-order valence-corrected chi connectivity index (χ3v) is 5.46. The fourth-order valence-corrected chi connectivity index (χ4v) is 3.82. The Hall–Kier alpha value is -1.84. The second-order valence-electron chi connectivity index (χ2n) is 7.15. The summed E-state index contributed by atoms with van der Waals surface area (Å²) < 4.78 is 0. The van der Waals surface area contributed by atoms with Gasteiger partial charge in [0.2, 0.25) is 11.8 Å². The fourth-order valence-electron chi connectivity index (χ4n) is 3.82. The van der Waals surface area contributed by atoms with Crippen LogP contribution in [0.3, 0.4) is 0 Å². The van der Waals surface area contributed by atoms with Crippen molar-refractivity contribution in [1.29, 1.82) is 0 Å². The zero-order valence-electron chi connectivity index (χ0n) is 14.7. The molecule has 1 aliphatic heterocycles. The van der Waals surface area contributed by atoms with Gasteiger partial charge in [0.05, 0.1) is 12.0 Å². The van der Waals surface area contributed by atoms with Crippen LogP contribution in [0.2, 0.25) is 0 Å². The topological polar surface area (TPSA) is 49.4 Å². The van der Waals surface area contributed by atoms with E-state index < -0.39 is 0 Å². The van der Waals surface area contributed by atoms with Crippen molar-refractivity contribution in [2.75, 3.05) is 6.54 Å². The van der Waals surface area contributed by atoms with E-state index in [0.29, 0.717) is 18.9 Å². The SMILES string of the molecule is CCC(CC)N1CC(C(=O)NC(c2ccccc2)C2CC2)CC1=O. The highest BCUT2D eigenvalue weighted by atomic mass is 16.2. The number of likely N-dealkylation sites (tertiary alicyclic amines) is 1. The molecule has 2 unspecified atom stereocenters. The maximum absolute atomic E-state index is 12.8. The molecule has 0 bridgehead atoms. The van der Waals surface area contributed by atoms with Crippen molar-refractivity contribution >= 4 is 11.8 Å². The number of nitrogens with zero attached hydrogens (tertiary/aromatic N) is 1. The number of carbonyl (C=O) groups excluding carboxylic acids is 2. The van der Waals surface area contributed by atoms with E-state index >= 15 is 0 Å². The summed E-state index contributed by atoms with van der Waals surface area (Å²) in [5, 5.41) is 3.24. The molecule has 1 aromatic carbocycles. The predicted octanol–water partition coefficient (Wildman–Crippen LogP) is 3.29. The third kappa shape index (κ3) is 3.63. The Morgan fingerprint density at radius 1 is 1.21 bits per heavy atom. The molecule has 2 fully saturated rings. The molecule has 2 atom stereocenters. The molecule has 2 amide bonds. The van der Waals surface area contributed by atoms with Crippen LogP contribution in [0.4, 0.5) is 0 Å². The highest BCUT2D eigenvalue weighted by Gasteiger charge is 2.39. The lowest BCUT2D eigenvalue weighted by molar-refractivity contribution is -0.130. The zero-order chi connectivity index (χ0) is 17.1. The summed E-state index contributed by atoms with van der Waals surface area (Å²) in [6, 6.07) is 10.6. The normalized spacial score (nSPS) is 22.0. The van der Waals surface area contributed by atoms with Gasteiger partial charge in [0.25, 0.3) is 0 Å². The quantitative estimate of drug-likeness (QED) is 0.835. The van der Waals surface area contributed by atoms with Gasteiger partial charge in [-0.05, 0) is 37.2 Å². The van der Waals surface area contributed by atoms with Crippen LogP contribution in [0.1, 0.15) is 57.6 Å². The summed E-state index contributed by atoms with van der Waals surface area (Å²) >= 11 is 0. The molecule has 130 valence electrons. The fraction of sp³-hybridized carbons (Fsp3) is 0.600. The lowest BCUT2D eigenvalue weighted by Crippen LogP contribution is -2.39. The standard InChI is InChI=1S/C20H28N2O2/c1-3-17(4-2)22-13-16(12-18(22)23)20(24)21-19(15-10-11-15)14-8-6-5-7-9-14/h5-9,15-17,19H,3-4,10-13H2,1-2H3,(H,21,24). The van der Waals surface area contributed by atoms with Gasteiger partial charge < -0.3 is 10.2 Å². The van der Waals surface area contributed by atoms with Gasteiger partial charge >= 0.3 is 0 Å². The minimum Gasteiger partial charge on any atom is -0.349 e. The van der Waals surface area contributed by atoms with Gasteiger partial charge in [0.1, 0.15) is 0 Å². The van der Waals surface area contributed by atoms with Gasteiger partial charge in [-0.1, -0.05) is 44.2 Å². The largest absolute Gasteiger partial charge is 0.349 e. The first-order chi connectivity index (χ1) is 11.6. The van der Waals surface area contributed by atoms with Crippen molar-refractivity contribution in [2.45, 2.75) is 58.0 Å². The van der Waals surface area contributed by atoms with E-state index in [4.69, 9.17) is 0 Å². The van der Waals surface area contributed by atoms with Gasteiger partial charge in [-0.15, -0.1) is 0 Å². The van der Waals surface area contributed by atoms with E-state index in [9.17, 15) is 9.59 Å². The Morgan fingerprint density at radius 3 is 2.46 bits per heavy atom. The van der Waals surface area contributed by atoms with Crippen LogP contribution in [-0.4, -0.2) is 29.3 Å². The van der Waals surface area contributed by atoms with E-state index in [1.807, 2.05) is 23.1 Å². The third-order valence-electron chi connectivity index (χ3n) is 5.46. The molecular weight excluding hydrogens is 300 g/mol. The van der Waals surface area contributed by atoms with Crippen LogP contribution >= 0.6 is 0 Å². The van der Waals surface area contributed by atoms with Gasteiger partial charge in [-0.3, -0.25) is 9.59 Å². The first kappa shape index (κ1) is 17.0. The molecule has 1 heterocycles. The van der Waals surface area contributed by atoms with Crippen molar-refractivity contribution < 1.29 is 9.59 Å². The van der Waals surface area contributed by atoms with Crippen LogP contribution in [0.5, 0.6) is 0 Å². The first-order valence-corrected chi connectivity index (χ1v) is 9.28. The van der Waals surface area contributed by atoms with E-state index in [1.165, 1.54) is 18.4 Å². The molecule has 3 rings (SSSR count). The van der Waals surface area contributed by atoms with Crippen molar-refractivity contribution in [3.05, 3.63) is 35.9 Å². The molecule has 24 heavy (non-hydrogen) atoms. The molecule has 4 heteroatoms. The van der Waals surface area contributed by atoms with Crippen LogP contribution in [-0.2, 0) is 9.59 Å². The van der Waals surface area contributed by atoms with E-state index in [-0.39, 0.29) is 29.8 Å². The number of hydrogen-bond acceptors (Lipinski definition) is 2. The summed E-state index contributed by atoms with van der Waals surface area (Å²) in [4.78, 5) is 27.0. The van der Waals surface area contributed by atoms with Gasteiger partial charge in [0.15, 0.2) is 0 Å². The predicted molar refractivity (Wildman–Crippen MR) is 94.2 cm³/mol. The Morgan fingerprint density at radius 2 is 1.88 bits per heavy atom. The molecule has 0 radical (unpaired) electrons. The summed E-state index contributed by atoms with van der Waals surface area (Å²) in [6.07, 6.45) is 4.59. The van der Waals surface area contributed by atoms with Crippen LogP contribution in [0, 0.1) is 11.8 Å². The minimum atomic E-state index is -0.205. The van der Waals surface area contributed by atoms with Crippen LogP contribution in [0.25, 0.3) is 0 Å². The molecule has 1 aromatic rings. The number of nitrogens with one attached hydrogen (secondary N) is 1. The van der Waals surface area contributed by atoms with Crippen molar-refractivity contribution in [3.8, 4) is 0 Å². The molecule has 1 saturated heterocycles. The average molecular weight is 328 g/mol. The number of benzene rings is 1. The monoisotopic (exact) mass is 328 g/mol. The lowest BCUT2D eigenvalue weighted by atomic mass is 10.0. The highest BCUT2D eigenvalue weighted by Crippen LogP contribution is 2.41. The van der Waals surface area contributed by atoms with Gasteiger partial charge in [-0.25, -0.2) is 0 Å². The minimum absolute atomic E-state index is 0.0394. The highest BCUT2D eigenvalue weighted by molar-refractivity contribution is 5.89. The van der Waals surface area contributed by atoms with Crippen molar-refractivity contribution in [2.24, 2.45) is 11.8 Å². The average Bonchev–Trinajstić information content (AvgIpc) is 3.37. The molecule has 4 nitrogen and oxygen atoms in total. The van der Waals surface area contributed by atoms with Gasteiger partial charge in [0, 0.05) is 19.0 Å². The number of carbonyl (C=O) groups is 2. The molecular formula is C20H28N2O2. The Kier molecular flexibility index (Phi) is 5.22. The Bertz CT molecular complexity index is 579. The smallest absolute Gasteiger partial charge is 0.225 e. The summed E-state index contributed by atoms with van der Waals surface area (Å²) in [7, 11) is 0. The van der Waals surface area contributed by atoms with Gasteiger partial charge in [-0.2, -0.15) is 0 Å². The van der Waals surface area contributed by atoms with E-state index in [2.05, 4.69) is 31.3 Å². The second-order valence-corrected chi connectivity index (χ2v) is 7.15. The molecule has 0 aromatic heterocycles. The molecule has 2 aliphatic rings. The molecule has 1 saturated carbocycles. The maximum atomic E-state index is 12.8. The Labute approximate surface area is 144 Å². The number of hydrogen-bond donors (Lipinski definition) is 1. The molecule has 0 spiro atoms. The zero-order valence-corrected chi connectivity index (χ0v) is 14.7. The maximum Gasteiger partial charge on any atom is 0.225 e. The molecule has 1 aliphatic carbocycles. The van der Waals surface area contributed by atoms with E-state index in [1.54, 1.807) is 0 Å². The second kappa shape index (κ2) is 7.37. The summed E-state index contributed by atoms with van der Waals surface area (Å²) in [5.41, 5.74) is 1.18.